The van der Waals surface area contributed by atoms with E-state index in [9.17, 15) is 19.8 Å². The van der Waals surface area contributed by atoms with Crippen LogP contribution in [0.4, 0.5) is 0 Å². The van der Waals surface area contributed by atoms with Crippen molar-refractivity contribution < 1.29 is 39.1 Å². The van der Waals surface area contributed by atoms with Crippen LogP contribution in [-0.4, -0.2) is 60.8 Å². The summed E-state index contributed by atoms with van der Waals surface area (Å²) in [6, 6.07) is 25.3. The first kappa shape index (κ1) is 46.7. The van der Waals surface area contributed by atoms with E-state index in [4.69, 9.17) is 19.3 Å². The number of carbonyl (C=O) groups excluding carboxylic acids is 2. The molecule has 4 aromatic rings. The Hall–Kier alpha value is -4.66. The Labute approximate surface area is 341 Å². The van der Waals surface area contributed by atoms with E-state index in [1.807, 2.05) is 26.0 Å². The summed E-state index contributed by atoms with van der Waals surface area (Å²) in [6.45, 7) is 16.7. The van der Waals surface area contributed by atoms with Gasteiger partial charge in [-0.1, -0.05) is 88.4 Å². The average Bonchev–Trinajstić information content (AvgIpc) is 3.22. The number of hydrogen-bond donors (Lipinski definition) is 3. The number of methoxy groups -OCH3 is 2. The molecule has 0 amide bonds. The summed E-state index contributed by atoms with van der Waals surface area (Å²) >= 11 is 0. The van der Waals surface area contributed by atoms with Crippen LogP contribution in [0.1, 0.15) is 122 Å². The second kappa shape index (κ2) is 21.8. The Balaban J connectivity index is 0.000000310. The molecule has 310 valence electrons. The standard InChI is InChI=1S/C26H36O5.C23H30O3/c1-6-26(7-2,21-10-8-20(18(3)14-21)9-13-25(29)30-5)22-11-12-24(19(4)15-22)31-17-23(28)16-27;1-6-23(7-2,20-11-12-21(24)17(4)15-20)19-10-8-18(16(3)14-19)9-13-22(25)26-5/h8,10-12,14-15,23,27-28H,6-7,9,13,16-17H2,1-5H3;8,10-12,14-15,24H,6-7,9,13H2,1-5H3/t23-;/m0./s1. The minimum Gasteiger partial charge on any atom is -0.508 e. The lowest BCUT2D eigenvalue weighted by atomic mass is 9.69. The van der Waals surface area contributed by atoms with Crippen LogP contribution in [-0.2, 0) is 42.7 Å². The number of carbonyl (C=O) groups is 2. The Bertz CT molecular complexity index is 1920. The molecular weight excluding hydrogens is 717 g/mol. The molecule has 4 rings (SSSR count). The summed E-state index contributed by atoms with van der Waals surface area (Å²) in [5.41, 5.74) is 11.4. The van der Waals surface area contributed by atoms with E-state index in [1.165, 1.54) is 53.2 Å². The van der Waals surface area contributed by atoms with Gasteiger partial charge in [0.15, 0.2) is 0 Å². The first-order chi connectivity index (χ1) is 27.2. The second-order valence-corrected chi connectivity index (χ2v) is 15.1. The molecule has 8 heteroatoms. The molecule has 0 radical (unpaired) electrons. The van der Waals surface area contributed by atoms with Crippen LogP contribution >= 0.6 is 0 Å². The highest BCUT2D eigenvalue weighted by Crippen LogP contribution is 2.42. The zero-order valence-corrected chi connectivity index (χ0v) is 36.0. The predicted octanol–water partition coefficient (Wildman–Crippen LogP) is 9.47. The van der Waals surface area contributed by atoms with Crippen molar-refractivity contribution in [3.63, 3.8) is 0 Å². The number of hydrogen-bond acceptors (Lipinski definition) is 8. The van der Waals surface area contributed by atoms with Gasteiger partial charge in [-0.3, -0.25) is 9.59 Å². The molecule has 0 aliphatic heterocycles. The molecule has 0 bridgehead atoms. The average molecular weight is 783 g/mol. The normalized spacial score (nSPS) is 12.0. The minimum absolute atomic E-state index is 0.0651. The molecular formula is C49H66O8. The van der Waals surface area contributed by atoms with Gasteiger partial charge in [0.2, 0.25) is 0 Å². The lowest BCUT2D eigenvalue weighted by Crippen LogP contribution is -2.26. The van der Waals surface area contributed by atoms with Crippen LogP contribution in [0.5, 0.6) is 11.5 Å². The SMILES string of the molecule is CCC(CC)(c1ccc(CCC(=O)OC)c(C)c1)c1ccc(OC[C@@H](O)CO)c(C)c1.CCC(CC)(c1ccc(O)c(C)c1)c1ccc(CCC(=O)OC)c(C)c1. The van der Waals surface area contributed by atoms with Gasteiger partial charge in [-0.25, -0.2) is 0 Å². The smallest absolute Gasteiger partial charge is 0.305 e. The predicted molar refractivity (Wildman–Crippen MR) is 228 cm³/mol. The quantitative estimate of drug-likeness (QED) is 0.0854. The summed E-state index contributed by atoms with van der Waals surface area (Å²) in [4.78, 5) is 22.9. The van der Waals surface area contributed by atoms with Gasteiger partial charge in [0.1, 0.15) is 24.2 Å². The van der Waals surface area contributed by atoms with Crippen molar-refractivity contribution in [2.75, 3.05) is 27.4 Å². The van der Waals surface area contributed by atoms with Crippen molar-refractivity contribution in [1.82, 2.24) is 0 Å². The molecule has 8 nitrogen and oxygen atoms in total. The number of rotatable bonds is 18. The van der Waals surface area contributed by atoms with Crippen molar-refractivity contribution >= 4 is 11.9 Å². The number of phenolic OH excluding ortho intramolecular Hbond substituents is 1. The molecule has 0 spiro atoms. The number of aromatic hydroxyl groups is 1. The van der Waals surface area contributed by atoms with Gasteiger partial charge in [0.25, 0.3) is 0 Å². The number of aryl methyl sites for hydroxylation is 6. The van der Waals surface area contributed by atoms with E-state index in [-0.39, 0.29) is 36.0 Å². The zero-order valence-electron chi connectivity index (χ0n) is 36.0. The number of aliphatic hydroxyl groups excluding tert-OH is 2. The molecule has 0 aromatic heterocycles. The van der Waals surface area contributed by atoms with Crippen LogP contribution in [0.15, 0.2) is 72.8 Å². The third kappa shape index (κ3) is 11.5. The van der Waals surface area contributed by atoms with E-state index < -0.39 is 6.10 Å². The van der Waals surface area contributed by atoms with Crippen molar-refractivity contribution in [2.45, 2.75) is 124 Å². The molecule has 0 unspecified atom stereocenters. The maximum absolute atomic E-state index is 11.5. The number of ether oxygens (including phenoxy) is 3. The molecule has 1 atom stereocenters. The Kier molecular flexibility index (Phi) is 17.8. The molecule has 0 saturated heterocycles. The Morgan fingerprint density at radius 1 is 0.596 bits per heavy atom. The van der Waals surface area contributed by atoms with Crippen molar-refractivity contribution in [1.29, 1.82) is 0 Å². The Morgan fingerprint density at radius 3 is 1.33 bits per heavy atom. The van der Waals surface area contributed by atoms with Gasteiger partial charge in [0.05, 0.1) is 20.8 Å². The zero-order chi connectivity index (χ0) is 42.3. The highest BCUT2D eigenvalue weighted by molar-refractivity contribution is 5.70. The van der Waals surface area contributed by atoms with Gasteiger partial charge in [-0.15, -0.1) is 0 Å². The van der Waals surface area contributed by atoms with Gasteiger partial charge >= 0.3 is 11.9 Å². The fourth-order valence-corrected chi connectivity index (χ4v) is 7.99. The van der Waals surface area contributed by atoms with Crippen molar-refractivity contribution in [3.8, 4) is 11.5 Å². The molecule has 0 aliphatic rings. The maximum Gasteiger partial charge on any atom is 0.305 e. The monoisotopic (exact) mass is 782 g/mol. The van der Waals surface area contributed by atoms with Gasteiger partial charge in [-0.2, -0.15) is 0 Å². The molecule has 0 saturated carbocycles. The lowest BCUT2D eigenvalue weighted by Gasteiger charge is -2.34. The third-order valence-electron chi connectivity index (χ3n) is 12.0. The first-order valence-electron chi connectivity index (χ1n) is 20.3. The van der Waals surface area contributed by atoms with Crippen LogP contribution in [0.2, 0.25) is 0 Å². The molecule has 57 heavy (non-hydrogen) atoms. The lowest BCUT2D eigenvalue weighted by molar-refractivity contribution is -0.141. The van der Waals surface area contributed by atoms with E-state index in [0.29, 0.717) is 37.2 Å². The number of esters is 2. The van der Waals surface area contributed by atoms with E-state index >= 15 is 0 Å². The van der Waals surface area contributed by atoms with Gasteiger partial charge in [0, 0.05) is 23.7 Å². The summed E-state index contributed by atoms with van der Waals surface area (Å²) in [5, 5.41) is 28.4. The number of phenols is 1. The van der Waals surface area contributed by atoms with Crippen LogP contribution in [0.25, 0.3) is 0 Å². The highest BCUT2D eigenvalue weighted by atomic mass is 16.5. The molecule has 4 aromatic carbocycles. The van der Waals surface area contributed by atoms with Crippen LogP contribution in [0, 0.1) is 27.7 Å². The summed E-state index contributed by atoms with van der Waals surface area (Å²) in [6.07, 6.45) is 5.14. The van der Waals surface area contributed by atoms with Gasteiger partial charge in [-0.05, 0) is 134 Å². The fraction of sp³-hybridized carbons (Fsp3) is 0.469. The maximum atomic E-state index is 11.5. The van der Waals surface area contributed by atoms with Crippen molar-refractivity contribution in [3.05, 3.63) is 128 Å². The highest BCUT2D eigenvalue weighted by Gasteiger charge is 2.33. The molecule has 0 fully saturated rings. The number of benzene rings is 4. The molecule has 0 heterocycles. The van der Waals surface area contributed by atoms with Crippen LogP contribution < -0.4 is 4.74 Å². The van der Waals surface area contributed by atoms with Gasteiger partial charge < -0.3 is 29.5 Å². The Morgan fingerprint density at radius 2 is 0.982 bits per heavy atom. The van der Waals surface area contributed by atoms with E-state index in [2.05, 4.69) is 96.1 Å². The fourth-order valence-electron chi connectivity index (χ4n) is 7.99. The number of aliphatic hydroxyl groups is 2. The largest absolute Gasteiger partial charge is 0.508 e. The third-order valence-corrected chi connectivity index (χ3v) is 12.0. The van der Waals surface area contributed by atoms with E-state index in [0.717, 1.165) is 42.4 Å². The van der Waals surface area contributed by atoms with Crippen LogP contribution in [0.3, 0.4) is 0 Å². The van der Waals surface area contributed by atoms with Crippen molar-refractivity contribution in [2.24, 2.45) is 0 Å². The molecule has 0 aliphatic carbocycles. The summed E-state index contributed by atoms with van der Waals surface area (Å²) in [5.74, 6) is 0.685. The topological polar surface area (TPSA) is 123 Å². The van der Waals surface area contributed by atoms with E-state index in [1.54, 1.807) is 6.07 Å². The minimum atomic E-state index is -0.884. The molecule has 3 N–H and O–H groups in total. The second-order valence-electron chi connectivity index (χ2n) is 15.1. The summed E-state index contributed by atoms with van der Waals surface area (Å²) < 4.78 is 15.2. The summed E-state index contributed by atoms with van der Waals surface area (Å²) in [7, 11) is 2.84. The first-order valence-corrected chi connectivity index (χ1v) is 20.3.